The van der Waals surface area contributed by atoms with Crippen molar-refractivity contribution in [2.45, 2.75) is 6.54 Å². The monoisotopic (exact) mass is 436 g/mol. The van der Waals surface area contributed by atoms with E-state index in [-0.39, 0.29) is 35.3 Å². The molecule has 0 spiro atoms. The Labute approximate surface area is 181 Å². The number of aromatic nitrogens is 4. The van der Waals surface area contributed by atoms with Gasteiger partial charge in [0.25, 0.3) is 5.91 Å². The molecule has 0 fully saturated rings. The number of carbonyl (C=O) groups excluding carboxylic acids is 1. The van der Waals surface area contributed by atoms with Gasteiger partial charge in [-0.1, -0.05) is 18.2 Å². The van der Waals surface area contributed by atoms with E-state index in [0.29, 0.717) is 16.6 Å². The van der Waals surface area contributed by atoms with Crippen molar-refractivity contribution in [2.75, 3.05) is 12.4 Å². The summed E-state index contributed by atoms with van der Waals surface area (Å²) in [6.45, 7) is 0.168. The molecule has 0 atom stereocenters. The van der Waals surface area contributed by atoms with Crippen molar-refractivity contribution in [1.82, 2.24) is 19.5 Å². The number of rotatable bonds is 7. The molecule has 4 rings (SSSR count). The van der Waals surface area contributed by atoms with E-state index >= 15 is 0 Å². The predicted molar refractivity (Wildman–Crippen MR) is 115 cm³/mol. The molecule has 2 aromatic heterocycles. The molecule has 32 heavy (non-hydrogen) atoms. The van der Waals surface area contributed by atoms with E-state index in [1.54, 1.807) is 30.3 Å². The summed E-state index contributed by atoms with van der Waals surface area (Å²) < 4.78 is 20.3. The normalized spacial score (nSPS) is 10.9. The van der Waals surface area contributed by atoms with Gasteiger partial charge in [-0.2, -0.15) is 9.97 Å². The second kappa shape index (κ2) is 8.61. The van der Waals surface area contributed by atoms with Crippen molar-refractivity contribution >= 4 is 35.3 Å². The number of nitrogens with zero attached hydrogens (tertiary/aromatic N) is 4. The second-order valence-corrected chi connectivity index (χ2v) is 6.80. The molecule has 162 valence electrons. The Morgan fingerprint density at radius 3 is 2.72 bits per heavy atom. The molecular formula is C20H18BFN6O4. The third-order valence-electron chi connectivity index (χ3n) is 4.73. The van der Waals surface area contributed by atoms with Crippen LogP contribution in [-0.4, -0.2) is 49.7 Å². The first-order valence-electron chi connectivity index (χ1n) is 9.46. The number of carbonyl (C=O) groups is 1. The van der Waals surface area contributed by atoms with Crippen LogP contribution in [0.4, 0.5) is 10.2 Å². The zero-order valence-corrected chi connectivity index (χ0v) is 16.9. The van der Waals surface area contributed by atoms with Crippen molar-refractivity contribution in [1.29, 1.82) is 0 Å². The van der Waals surface area contributed by atoms with Gasteiger partial charge >= 0.3 is 13.1 Å². The van der Waals surface area contributed by atoms with Crippen LogP contribution in [0.2, 0.25) is 0 Å². The molecule has 2 aromatic carbocycles. The van der Waals surface area contributed by atoms with Gasteiger partial charge in [-0.25, -0.2) is 13.9 Å². The molecule has 0 aliphatic carbocycles. The van der Waals surface area contributed by atoms with E-state index in [9.17, 15) is 19.2 Å². The van der Waals surface area contributed by atoms with Crippen molar-refractivity contribution in [3.05, 3.63) is 65.6 Å². The van der Waals surface area contributed by atoms with Gasteiger partial charge in [0.05, 0.1) is 18.2 Å². The predicted octanol–water partition coefficient (Wildman–Crippen LogP) is 0.354. The zero-order valence-electron chi connectivity index (χ0n) is 16.9. The maximum atomic E-state index is 13.5. The Bertz CT molecular complexity index is 1310. The van der Waals surface area contributed by atoms with Gasteiger partial charge in [0.1, 0.15) is 17.2 Å². The molecule has 0 saturated heterocycles. The minimum absolute atomic E-state index is 0.0198. The second-order valence-electron chi connectivity index (χ2n) is 6.80. The number of hydrogen-bond acceptors (Lipinski definition) is 8. The van der Waals surface area contributed by atoms with Crippen LogP contribution in [-0.2, 0) is 6.54 Å². The van der Waals surface area contributed by atoms with Crippen LogP contribution < -0.4 is 21.3 Å². The van der Waals surface area contributed by atoms with Gasteiger partial charge in [-0.05, 0) is 29.8 Å². The first-order valence-corrected chi connectivity index (χ1v) is 9.46. The molecule has 4 aromatic rings. The number of fused-ring (bicyclic) bond motifs is 1. The van der Waals surface area contributed by atoms with E-state index in [4.69, 9.17) is 10.5 Å². The fourth-order valence-electron chi connectivity index (χ4n) is 3.26. The maximum absolute atomic E-state index is 13.5. The molecule has 0 bridgehead atoms. The van der Waals surface area contributed by atoms with Crippen LogP contribution in [0.1, 0.15) is 15.9 Å². The average Bonchev–Trinajstić information content (AvgIpc) is 3.16. The summed E-state index contributed by atoms with van der Waals surface area (Å²) >= 11 is 0. The Morgan fingerprint density at radius 2 is 2.03 bits per heavy atom. The van der Waals surface area contributed by atoms with Crippen molar-refractivity contribution in [2.24, 2.45) is 5.73 Å². The summed E-state index contributed by atoms with van der Waals surface area (Å²) in [5.41, 5.74) is 7.07. The molecule has 0 aliphatic heterocycles. The van der Waals surface area contributed by atoms with Gasteiger partial charge < -0.3 is 25.8 Å². The lowest BCUT2D eigenvalue weighted by molar-refractivity contribution is 0.100. The molecule has 0 saturated carbocycles. The van der Waals surface area contributed by atoms with Gasteiger partial charge in [0, 0.05) is 18.2 Å². The first-order chi connectivity index (χ1) is 15.4. The molecule has 0 aliphatic rings. The van der Waals surface area contributed by atoms with Gasteiger partial charge in [0.15, 0.2) is 0 Å². The largest absolute Gasteiger partial charge is 0.493 e. The van der Waals surface area contributed by atoms with Crippen LogP contribution in [0.3, 0.4) is 0 Å². The number of hydrogen-bond donors (Lipinski definition) is 4. The summed E-state index contributed by atoms with van der Waals surface area (Å²) in [6, 6.07) is 10.9. The minimum Gasteiger partial charge on any atom is -0.468 e. The number of primary amides is 1. The Hall–Kier alpha value is -4.03. The van der Waals surface area contributed by atoms with E-state index in [1.165, 1.54) is 30.0 Å². The highest BCUT2D eigenvalue weighted by Gasteiger charge is 2.23. The minimum atomic E-state index is -1.85. The van der Waals surface area contributed by atoms with Gasteiger partial charge in [-0.15, -0.1) is 0 Å². The third-order valence-corrected chi connectivity index (χ3v) is 4.73. The average molecular weight is 436 g/mol. The summed E-state index contributed by atoms with van der Waals surface area (Å²) in [5.74, 6) is -0.837. The molecule has 1 amide bonds. The van der Waals surface area contributed by atoms with E-state index in [0.717, 1.165) is 0 Å². The molecule has 0 radical (unpaired) electrons. The summed E-state index contributed by atoms with van der Waals surface area (Å²) in [7, 11) is -0.446. The third kappa shape index (κ3) is 3.96. The molecule has 2 heterocycles. The lowest BCUT2D eigenvalue weighted by atomic mass is 9.81. The van der Waals surface area contributed by atoms with Crippen molar-refractivity contribution < 1.29 is 24.0 Å². The lowest BCUT2D eigenvalue weighted by Gasteiger charge is -2.13. The number of para-hydroxylation sites is 1. The number of nitrogens with two attached hydrogens (primary N) is 1. The number of imidazole rings is 1. The van der Waals surface area contributed by atoms with Crippen LogP contribution in [0, 0.1) is 5.82 Å². The number of anilines is 1. The van der Waals surface area contributed by atoms with Crippen molar-refractivity contribution in [3.8, 4) is 12.0 Å². The quantitative estimate of drug-likeness (QED) is 0.304. The number of benzene rings is 2. The topological polar surface area (TPSA) is 148 Å². The van der Waals surface area contributed by atoms with Crippen LogP contribution >= 0.6 is 0 Å². The Balaban J connectivity index is 1.81. The number of halogens is 1. The maximum Gasteiger partial charge on any atom is 0.493 e. The highest BCUT2D eigenvalue weighted by Crippen LogP contribution is 2.27. The van der Waals surface area contributed by atoms with Gasteiger partial charge in [0.2, 0.25) is 5.95 Å². The number of amides is 1. The SMILES string of the molecule is COc1nc2c(C(N)=O)cccc2n1-c1ncc(B(O)O)c(NCc2cccc(F)c2)n1. The number of nitrogens with one attached hydrogen (secondary N) is 1. The summed E-state index contributed by atoms with van der Waals surface area (Å²) in [5, 5.41) is 22.4. The van der Waals surface area contributed by atoms with E-state index in [2.05, 4.69) is 20.3 Å². The Kier molecular flexibility index (Phi) is 5.71. The summed E-state index contributed by atoms with van der Waals surface area (Å²) in [4.78, 5) is 24.7. The fraction of sp³-hybridized carbons (Fsp3) is 0.100. The smallest absolute Gasteiger partial charge is 0.468 e. The van der Waals surface area contributed by atoms with Crippen LogP contribution in [0.25, 0.3) is 17.0 Å². The van der Waals surface area contributed by atoms with Crippen LogP contribution in [0.15, 0.2) is 48.7 Å². The standard InChI is InChI=1S/C20H18BFN6O4/c1-32-20-26-16-13(17(23)29)6-3-7-15(16)28(20)19-25-10-14(21(30)31)18(27-19)24-9-11-4-2-5-12(22)8-11/h2-8,10,30-31H,9H2,1H3,(H2,23,29)(H,24,25,27). The van der Waals surface area contributed by atoms with E-state index in [1.807, 2.05) is 0 Å². The first kappa shape index (κ1) is 21.2. The fourth-order valence-corrected chi connectivity index (χ4v) is 3.26. The number of ether oxygens (including phenoxy) is 1. The van der Waals surface area contributed by atoms with Crippen LogP contribution in [0.5, 0.6) is 6.01 Å². The molecule has 10 nitrogen and oxygen atoms in total. The lowest BCUT2D eigenvalue weighted by Crippen LogP contribution is -2.34. The molecule has 0 unspecified atom stereocenters. The van der Waals surface area contributed by atoms with Gasteiger partial charge in [-0.3, -0.25) is 4.79 Å². The summed E-state index contributed by atoms with van der Waals surface area (Å²) in [6.07, 6.45) is 1.24. The molecule has 12 heteroatoms. The highest BCUT2D eigenvalue weighted by atomic mass is 19.1. The van der Waals surface area contributed by atoms with E-state index < -0.39 is 18.8 Å². The van der Waals surface area contributed by atoms with Crippen molar-refractivity contribution in [3.63, 3.8) is 0 Å². The molecule has 5 N–H and O–H groups in total. The highest BCUT2D eigenvalue weighted by molar-refractivity contribution is 6.60. The number of methoxy groups -OCH3 is 1. The Morgan fingerprint density at radius 1 is 1.25 bits per heavy atom. The molecular weight excluding hydrogens is 418 g/mol. The zero-order chi connectivity index (χ0) is 22.8.